The van der Waals surface area contributed by atoms with Crippen LogP contribution in [0.5, 0.6) is 5.75 Å². The lowest BCUT2D eigenvalue weighted by Gasteiger charge is -2.15. The van der Waals surface area contributed by atoms with Crippen LogP contribution in [0.2, 0.25) is 0 Å². The Morgan fingerprint density at radius 2 is 1.88 bits per heavy atom. The standard InChI is InChI=1S/C20H24N2O3/c1-13(2)17-9-8-14(3)10-18(17)25-12-19(23)22-16-7-5-6-15(11-16)20(24)21-4/h5-11,13H,12H2,1-4H3,(H,21,24)(H,22,23). The predicted molar refractivity (Wildman–Crippen MR) is 99.2 cm³/mol. The highest BCUT2D eigenvalue weighted by atomic mass is 16.5. The molecule has 0 radical (unpaired) electrons. The monoisotopic (exact) mass is 340 g/mol. The molecule has 132 valence electrons. The summed E-state index contributed by atoms with van der Waals surface area (Å²) in [4.78, 5) is 23.8. The quantitative estimate of drug-likeness (QED) is 0.846. The van der Waals surface area contributed by atoms with Crippen LogP contribution in [0.15, 0.2) is 42.5 Å². The zero-order valence-electron chi connectivity index (χ0n) is 15.1. The molecular weight excluding hydrogens is 316 g/mol. The van der Waals surface area contributed by atoms with Crippen LogP contribution in [0, 0.1) is 6.92 Å². The number of anilines is 1. The van der Waals surface area contributed by atoms with Gasteiger partial charge in [-0.25, -0.2) is 0 Å². The molecule has 0 spiro atoms. The first-order valence-electron chi connectivity index (χ1n) is 8.26. The van der Waals surface area contributed by atoms with E-state index in [9.17, 15) is 9.59 Å². The van der Waals surface area contributed by atoms with Crippen molar-refractivity contribution in [1.82, 2.24) is 5.32 Å². The summed E-state index contributed by atoms with van der Waals surface area (Å²) in [6.07, 6.45) is 0. The first-order valence-corrected chi connectivity index (χ1v) is 8.26. The van der Waals surface area contributed by atoms with E-state index in [1.165, 1.54) is 0 Å². The molecule has 0 aliphatic carbocycles. The summed E-state index contributed by atoms with van der Waals surface area (Å²) in [7, 11) is 1.57. The molecule has 0 atom stereocenters. The second kappa shape index (κ2) is 8.33. The minimum absolute atomic E-state index is 0.0899. The van der Waals surface area contributed by atoms with Gasteiger partial charge in [-0.05, 0) is 48.2 Å². The van der Waals surface area contributed by atoms with Crippen molar-refractivity contribution in [2.75, 3.05) is 19.0 Å². The smallest absolute Gasteiger partial charge is 0.262 e. The van der Waals surface area contributed by atoms with Crippen molar-refractivity contribution in [3.63, 3.8) is 0 Å². The van der Waals surface area contributed by atoms with Crippen LogP contribution in [-0.4, -0.2) is 25.5 Å². The van der Waals surface area contributed by atoms with Crippen LogP contribution in [0.25, 0.3) is 0 Å². The van der Waals surface area contributed by atoms with Crippen molar-refractivity contribution < 1.29 is 14.3 Å². The molecule has 5 heteroatoms. The van der Waals surface area contributed by atoms with Crippen LogP contribution in [0.3, 0.4) is 0 Å². The van der Waals surface area contributed by atoms with Crippen molar-refractivity contribution in [2.24, 2.45) is 0 Å². The summed E-state index contributed by atoms with van der Waals surface area (Å²) in [6, 6.07) is 12.8. The Bertz CT molecular complexity index is 769. The van der Waals surface area contributed by atoms with Crippen LogP contribution in [-0.2, 0) is 4.79 Å². The highest BCUT2D eigenvalue weighted by Crippen LogP contribution is 2.27. The minimum Gasteiger partial charge on any atom is -0.483 e. The van der Waals surface area contributed by atoms with Gasteiger partial charge in [-0.2, -0.15) is 0 Å². The number of ether oxygens (including phenoxy) is 1. The van der Waals surface area contributed by atoms with Gasteiger partial charge in [-0.15, -0.1) is 0 Å². The van der Waals surface area contributed by atoms with Crippen LogP contribution >= 0.6 is 0 Å². The molecule has 0 bridgehead atoms. The van der Waals surface area contributed by atoms with Crippen molar-refractivity contribution in [1.29, 1.82) is 0 Å². The van der Waals surface area contributed by atoms with E-state index >= 15 is 0 Å². The number of carbonyl (C=O) groups excluding carboxylic acids is 2. The topological polar surface area (TPSA) is 67.4 Å². The van der Waals surface area contributed by atoms with Gasteiger partial charge in [0.2, 0.25) is 0 Å². The van der Waals surface area contributed by atoms with Crippen molar-refractivity contribution in [2.45, 2.75) is 26.7 Å². The third-order valence-corrected chi connectivity index (χ3v) is 3.79. The van der Waals surface area contributed by atoms with E-state index < -0.39 is 0 Å². The third kappa shape index (κ3) is 5.08. The maximum Gasteiger partial charge on any atom is 0.262 e. The Labute approximate surface area is 148 Å². The second-order valence-electron chi connectivity index (χ2n) is 6.19. The van der Waals surface area contributed by atoms with Gasteiger partial charge >= 0.3 is 0 Å². The number of aryl methyl sites for hydroxylation is 1. The molecule has 0 saturated heterocycles. The van der Waals surface area contributed by atoms with Gasteiger partial charge in [-0.3, -0.25) is 9.59 Å². The SMILES string of the molecule is CNC(=O)c1cccc(NC(=O)COc2cc(C)ccc2C(C)C)c1. The highest BCUT2D eigenvalue weighted by molar-refractivity contribution is 5.97. The molecule has 0 saturated carbocycles. The number of hydrogen-bond donors (Lipinski definition) is 2. The van der Waals surface area contributed by atoms with E-state index in [4.69, 9.17) is 4.74 Å². The fraction of sp³-hybridized carbons (Fsp3) is 0.300. The molecule has 25 heavy (non-hydrogen) atoms. The number of rotatable bonds is 6. The Kier molecular flexibility index (Phi) is 6.17. The third-order valence-electron chi connectivity index (χ3n) is 3.79. The highest BCUT2D eigenvalue weighted by Gasteiger charge is 2.11. The van der Waals surface area contributed by atoms with Gasteiger partial charge in [0.25, 0.3) is 11.8 Å². The van der Waals surface area contributed by atoms with E-state index in [0.29, 0.717) is 17.2 Å². The van der Waals surface area contributed by atoms with Gasteiger partial charge in [-0.1, -0.05) is 32.0 Å². The second-order valence-corrected chi connectivity index (χ2v) is 6.19. The molecule has 0 unspecified atom stereocenters. The summed E-state index contributed by atoms with van der Waals surface area (Å²) >= 11 is 0. The molecule has 2 aromatic carbocycles. The lowest BCUT2D eigenvalue weighted by molar-refractivity contribution is -0.118. The molecule has 2 amide bonds. The van der Waals surface area contributed by atoms with Crippen LogP contribution in [0.4, 0.5) is 5.69 Å². The van der Waals surface area contributed by atoms with E-state index in [1.54, 1.807) is 31.3 Å². The lowest BCUT2D eigenvalue weighted by atomic mass is 10.0. The van der Waals surface area contributed by atoms with E-state index in [1.807, 2.05) is 25.1 Å². The van der Waals surface area contributed by atoms with Crippen molar-refractivity contribution in [3.8, 4) is 5.75 Å². The number of amides is 2. The van der Waals surface area contributed by atoms with Gasteiger partial charge in [0.1, 0.15) is 5.75 Å². The van der Waals surface area contributed by atoms with Crippen molar-refractivity contribution >= 4 is 17.5 Å². The average Bonchev–Trinajstić information content (AvgIpc) is 2.59. The Balaban J connectivity index is 2.02. The average molecular weight is 340 g/mol. The Morgan fingerprint density at radius 1 is 1.12 bits per heavy atom. The first kappa shape index (κ1) is 18.5. The van der Waals surface area contributed by atoms with E-state index in [-0.39, 0.29) is 18.4 Å². The van der Waals surface area contributed by atoms with Gasteiger partial charge in [0.05, 0.1) is 0 Å². The Hall–Kier alpha value is -2.82. The molecule has 5 nitrogen and oxygen atoms in total. The fourth-order valence-corrected chi connectivity index (χ4v) is 2.47. The van der Waals surface area contributed by atoms with E-state index in [2.05, 4.69) is 24.5 Å². The van der Waals surface area contributed by atoms with Crippen molar-refractivity contribution in [3.05, 3.63) is 59.2 Å². The van der Waals surface area contributed by atoms with Crippen LogP contribution in [0.1, 0.15) is 41.3 Å². The zero-order chi connectivity index (χ0) is 18.4. The normalized spacial score (nSPS) is 10.4. The molecule has 0 aliphatic rings. The maximum absolute atomic E-state index is 12.2. The van der Waals surface area contributed by atoms with Gasteiger partial charge < -0.3 is 15.4 Å². The van der Waals surface area contributed by atoms with Gasteiger partial charge in [0.15, 0.2) is 6.61 Å². The molecule has 0 fully saturated rings. The summed E-state index contributed by atoms with van der Waals surface area (Å²) in [5.74, 6) is 0.561. The number of hydrogen-bond acceptors (Lipinski definition) is 3. The molecule has 2 N–H and O–H groups in total. The molecular formula is C20H24N2O3. The summed E-state index contributed by atoms with van der Waals surface area (Å²) < 4.78 is 5.72. The molecule has 0 heterocycles. The molecule has 2 rings (SSSR count). The summed E-state index contributed by atoms with van der Waals surface area (Å²) in [6.45, 7) is 6.07. The molecule has 2 aromatic rings. The van der Waals surface area contributed by atoms with Crippen LogP contribution < -0.4 is 15.4 Å². The van der Waals surface area contributed by atoms with E-state index in [0.717, 1.165) is 16.9 Å². The summed E-state index contributed by atoms with van der Waals surface area (Å²) in [5.41, 5.74) is 3.20. The zero-order valence-corrected chi connectivity index (χ0v) is 15.1. The van der Waals surface area contributed by atoms with Gasteiger partial charge in [0, 0.05) is 18.3 Å². The number of nitrogens with one attached hydrogen (secondary N) is 2. The summed E-state index contributed by atoms with van der Waals surface area (Å²) in [5, 5.41) is 5.31. The number of benzene rings is 2. The fourth-order valence-electron chi connectivity index (χ4n) is 2.47. The predicted octanol–water partition coefficient (Wildman–Crippen LogP) is 3.50. The molecule has 0 aromatic heterocycles. The lowest BCUT2D eigenvalue weighted by Crippen LogP contribution is -2.21. The number of carbonyl (C=O) groups is 2. The molecule has 0 aliphatic heterocycles. The maximum atomic E-state index is 12.2. The largest absolute Gasteiger partial charge is 0.483 e. The minimum atomic E-state index is -0.273. The first-order chi connectivity index (χ1) is 11.9. The Morgan fingerprint density at radius 3 is 2.56 bits per heavy atom.